The zero-order valence-electron chi connectivity index (χ0n) is 11.1. The molecule has 2 aromatic heterocycles. The molecule has 108 valence electrons. The minimum Gasteiger partial charge on any atom is -0.545 e. The number of carbonyl (C=O) groups is 1. The van der Waals surface area contributed by atoms with Crippen molar-refractivity contribution in [3.63, 3.8) is 0 Å². The number of carboxylic acids is 1. The standard InChI is InChI=1S/C13H13F2IN2O2/c1-4-7-6(2)18-9(5-8(7)12(19)20)17-10(11(18)16)13(3,14)15/h5H,4H2,1-3H3,(H,19,20)/p-1. The quantitative estimate of drug-likeness (QED) is 0.753. The van der Waals surface area contributed by atoms with Crippen LogP contribution in [0.25, 0.3) is 5.65 Å². The van der Waals surface area contributed by atoms with Gasteiger partial charge in [-0.15, -0.1) is 0 Å². The summed E-state index contributed by atoms with van der Waals surface area (Å²) >= 11 is 1.80. The molecule has 0 spiro atoms. The smallest absolute Gasteiger partial charge is 0.289 e. The molecule has 0 bridgehead atoms. The van der Waals surface area contributed by atoms with E-state index in [9.17, 15) is 18.7 Å². The van der Waals surface area contributed by atoms with Crippen LogP contribution < -0.4 is 5.11 Å². The summed E-state index contributed by atoms with van der Waals surface area (Å²) in [6.07, 6.45) is 0.469. The lowest BCUT2D eigenvalue weighted by Gasteiger charge is -2.14. The average Bonchev–Trinajstić information content (AvgIpc) is 2.66. The van der Waals surface area contributed by atoms with Gasteiger partial charge in [-0.05, 0) is 47.6 Å². The average molecular weight is 393 g/mol. The SMILES string of the molecule is CCc1c(C(=O)[O-])cc2nc(C(C)(F)F)c(I)n2c1C. The summed E-state index contributed by atoms with van der Waals surface area (Å²) in [4.78, 5) is 15.0. The van der Waals surface area contributed by atoms with Gasteiger partial charge in [-0.1, -0.05) is 6.92 Å². The molecule has 2 heterocycles. The Bertz CT molecular complexity index is 705. The molecule has 0 saturated carbocycles. The second-order valence-corrected chi connectivity index (χ2v) is 5.62. The number of carboxylic acid groups (broad SMARTS) is 1. The van der Waals surface area contributed by atoms with Crippen molar-refractivity contribution in [2.45, 2.75) is 33.1 Å². The Morgan fingerprint density at radius 3 is 2.60 bits per heavy atom. The van der Waals surface area contributed by atoms with Crippen LogP contribution in [0.1, 0.15) is 41.2 Å². The van der Waals surface area contributed by atoms with Crippen LogP contribution in [0.15, 0.2) is 6.07 Å². The number of halogens is 3. The molecule has 0 aliphatic heterocycles. The monoisotopic (exact) mass is 393 g/mol. The fourth-order valence-corrected chi connectivity index (χ4v) is 3.49. The fraction of sp³-hybridized carbons (Fsp3) is 0.385. The first-order valence-corrected chi connectivity index (χ1v) is 7.06. The van der Waals surface area contributed by atoms with Gasteiger partial charge in [0.1, 0.15) is 15.0 Å². The number of aromatic carboxylic acids is 1. The molecule has 0 N–H and O–H groups in total. The summed E-state index contributed by atoms with van der Waals surface area (Å²) in [6, 6.07) is 1.29. The Hall–Kier alpha value is -1.25. The van der Waals surface area contributed by atoms with Crippen molar-refractivity contribution in [2.24, 2.45) is 0 Å². The molecule has 2 rings (SSSR count). The highest BCUT2D eigenvalue weighted by atomic mass is 127. The van der Waals surface area contributed by atoms with E-state index in [0.717, 1.165) is 6.92 Å². The van der Waals surface area contributed by atoms with Crippen LogP contribution in [0, 0.1) is 10.6 Å². The lowest BCUT2D eigenvalue weighted by Crippen LogP contribution is -2.24. The molecule has 0 radical (unpaired) electrons. The largest absolute Gasteiger partial charge is 0.545 e. The minimum absolute atomic E-state index is 0.00451. The Morgan fingerprint density at radius 2 is 2.15 bits per heavy atom. The topological polar surface area (TPSA) is 57.4 Å². The van der Waals surface area contributed by atoms with E-state index in [4.69, 9.17) is 0 Å². The van der Waals surface area contributed by atoms with E-state index in [1.54, 1.807) is 40.8 Å². The van der Waals surface area contributed by atoms with Crippen molar-refractivity contribution in [3.8, 4) is 0 Å². The van der Waals surface area contributed by atoms with E-state index in [1.165, 1.54) is 6.07 Å². The van der Waals surface area contributed by atoms with E-state index < -0.39 is 11.9 Å². The number of aryl methyl sites for hydroxylation is 1. The van der Waals surface area contributed by atoms with Crippen LogP contribution >= 0.6 is 22.6 Å². The van der Waals surface area contributed by atoms with Gasteiger partial charge in [0.25, 0.3) is 5.92 Å². The summed E-state index contributed by atoms with van der Waals surface area (Å²) in [5.41, 5.74) is 1.01. The Labute approximate surface area is 128 Å². The van der Waals surface area contributed by atoms with Crippen LogP contribution in [-0.2, 0) is 12.3 Å². The van der Waals surface area contributed by atoms with Crippen molar-refractivity contribution in [1.29, 1.82) is 0 Å². The van der Waals surface area contributed by atoms with Gasteiger partial charge in [-0.2, -0.15) is 8.78 Å². The van der Waals surface area contributed by atoms with E-state index in [1.807, 2.05) is 0 Å². The number of imidazole rings is 1. The number of fused-ring (bicyclic) bond motifs is 1. The predicted octanol–water partition coefficient (Wildman–Crippen LogP) is 2.28. The summed E-state index contributed by atoms with van der Waals surface area (Å²) in [5.74, 6) is -4.40. The van der Waals surface area contributed by atoms with Crippen LogP contribution in [0.2, 0.25) is 0 Å². The lowest BCUT2D eigenvalue weighted by atomic mass is 10.0. The number of rotatable bonds is 3. The van der Waals surface area contributed by atoms with Crippen LogP contribution in [0.5, 0.6) is 0 Å². The molecule has 0 aliphatic carbocycles. The lowest BCUT2D eigenvalue weighted by molar-refractivity contribution is -0.255. The first-order chi connectivity index (χ1) is 9.18. The van der Waals surface area contributed by atoms with Gasteiger partial charge >= 0.3 is 0 Å². The van der Waals surface area contributed by atoms with Crippen molar-refractivity contribution in [2.75, 3.05) is 0 Å². The third kappa shape index (κ3) is 2.27. The number of pyridine rings is 1. The Morgan fingerprint density at radius 1 is 1.55 bits per heavy atom. The highest BCUT2D eigenvalue weighted by molar-refractivity contribution is 14.1. The van der Waals surface area contributed by atoms with E-state index in [0.29, 0.717) is 21.4 Å². The van der Waals surface area contributed by atoms with E-state index >= 15 is 0 Å². The summed E-state index contributed by atoms with van der Waals surface area (Å²) in [5, 5.41) is 11.2. The molecule has 0 atom stereocenters. The van der Waals surface area contributed by atoms with E-state index in [2.05, 4.69) is 4.98 Å². The molecule has 0 aliphatic rings. The maximum atomic E-state index is 13.5. The maximum Gasteiger partial charge on any atom is 0.289 e. The van der Waals surface area contributed by atoms with Crippen molar-refractivity contribution < 1.29 is 18.7 Å². The molecule has 0 fully saturated rings. The molecular weight excluding hydrogens is 381 g/mol. The molecule has 0 amide bonds. The molecule has 7 heteroatoms. The molecular formula is C13H12F2IN2O2-. The predicted molar refractivity (Wildman–Crippen MR) is 75.9 cm³/mol. The number of hydrogen-bond acceptors (Lipinski definition) is 3. The Kier molecular flexibility index (Phi) is 3.74. The van der Waals surface area contributed by atoms with Gasteiger partial charge in [0.2, 0.25) is 0 Å². The molecule has 4 nitrogen and oxygen atoms in total. The summed E-state index contributed by atoms with van der Waals surface area (Å²) in [6.45, 7) is 4.27. The maximum absolute atomic E-state index is 13.5. The Balaban J connectivity index is 2.90. The number of carbonyl (C=O) groups excluding carboxylic acids is 1. The second kappa shape index (κ2) is 4.94. The molecule has 20 heavy (non-hydrogen) atoms. The number of alkyl halides is 2. The number of nitrogens with zero attached hydrogens (tertiary/aromatic N) is 2. The van der Waals surface area contributed by atoms with Crippen LogP contribution in [-0.4, -0.2) is 15.4 Å². The third-order valence-corrected chi connectivity index (χ3v) is 4.20. The number of hydrogen-bond donors (Lipinski definition) is 0. The van der Waals surface area contributed by atoms with Gasteiger partial charge in [0.05, 0.1) is 5.97 Å². The zero-order chi connectivity index (χ0) is 15.2. The fourth-order valence-electron chi connectivity index (χ4n) is 2.29. The molecule has 0 unspecified atom stereocenters. The van der Waals surface area contributed by atoms with Gasteiger partial charge < -0.3 is 9.90 Å². The molecule has 2 aromatic rings. The second-order valence-electron chi connectivity index (χ2n) is 4.60. The zero-order valence-corrected chi connectivity index (χ0v) is 13.3. The highest BCUT2D eigenvalue weighted by Gasteiger charge is 2.32. The highest BCUT2D eigenvalue weighted by Crippen LogP contribution is 2.32. The van der Waals surface area contributed by atoms with E-state index in [-0.39, 0.29) is 16.9 Å². The third-order valence-electron chi connectivity index (χ3n) is 3.21. The van der Waals surface area contributed by atoms with Gasteiger partial charge in [0.15, 0.2) is 0 Å². The van der Waals surface area contributed by atoms with Crippen molar-refractivity contribution >= 4 is 34.2 Å². The van der Waals surface area contributed by atoms with Crippen LogP contribution in [0.3, 0.4) is 0 Å². The van der Waals surface area contributed by atoms with Crippen molar-refractivity contribution in [1.82, 2.24) is 9.38 Å². The van der Waals surface area contributed by atoms with Crippen molar-refractivity contribution in [3.05, 3.63) is 32.3 Å². The van der Waals surface area contributed by atoms with Gasteiger partial charge in [-0.25, -0.2) is 4.98 Å². The minimum atomic E-state index is -3.08. The molecule has 0 saturated heterocycles. The van der Waals surface area contributed by atoms with Gasteiger partial charge in [-0.3, -0.25) is 4.40 Å². The molecule has 0 aromatic carbocycles. The number of aromatic nitrogens is 2. The normalized spacial score (nSPS) is 12.1. The first kappa shape index (κ1) is 15.1. The first-order valence-electron chi connectivity index (χ1n) is 5.98. The summed E-state index contributed by atoms with van der Waals surface area (Å²) in [7, 11) is 0. The van der Waals surface area contributed by atoms with Gasteiger partial charge in [0, 0.05) is 18.2 Å². The summed E-state index contributed by atoms with van der Waals surface area (Å²) < 4.78 is 28.9. The van der Waals surface area contributed by atoms with Crippen LogP contribution in [0.4, 0.5) is 8.78 Å².